The lowest BCUT2D eigenvalue weighted by molar-refractivity contribution is 0.102. The lowest BCUT2D eigenvalue weighted by Crippen LogP contribution is -2.24. The van der Waals surface area contributed by atoms with Crippen LogP contribution >= 0.6 is 0 Å². The third kappa shape index (κ3) is 3.93. The first-order valence-electron chi connectivity index (χ1n) is 8.30. The lowest BCUT2D eigenvalue weighted by atomic mass is 10.0. The minimum absolute atomic E-state index is 0.0477. The highest BCUT2D eigenvalue weighted by atomic mass is 16.4. The number of carbonyl (C=O) groups is 1. The van der Waals surface area contributed by atoms with Gasteiger partial charge in [0.05, 0.1) is 6.20 Å². The molecule has 2 aromatic rings. The number of aryl methyl sites for hydroxylation is 4. The monoisotopic (exact) mass is 331 g/mol. The molecule has 0 saturated heterocycles. The molecule has 0 spiro atoms. The second-order valence-corrected chi connectivity index (χ2v) is 6.44. The van der Waals surface area contributed by atoms with Gasteiger partial charge in [-0.1, -0.05) is 13.8 Å². The number of nitrogens with zero attached hydrogens (tertiary/aromatic N) is 2. The Bertz CT molecular complexity index is 787. The molecule has 1 N–H and O–H groups in total. The topological polar surface area (TPSA) is 77.1 Å². The highest BCUT2D eigenvalue weighted by Crippen LogP contribution is 2.16. The van der Waals surface area contributed by atoms with E-state index in [9.17, 15) is 9.59 Å². The van der Waals surface area contributed by atoms with E-state index in [1.54, 1.807) is 23.9 Å². The molecule has 0 aliphatic heterocycles. The summed E-state index contributed by atoms with van der Waals surface area (Å²) in [5, 5.41) is 6.96. The zero-order valence-corrected chi connectivity index (χ0v) is 15.0. The first-order chi connectivity index (χ1) is 11.3. The average molecular weight is 331 g/mol. The van der Waals surface area contributed by atoms with Crippen molar-refractivity contribution in [3.8, 4) is 0 Å². The van der Waals surface area contributed by atoms with E-state index in [-0.39, 0.29) is 5.56 Å². The molecule has 0 radical (unpaired) electrons. The summed E-state index contributed by atoms with van der Waals surface area (Å²) in [5.74, 6) is 1.29. The molecule has 0 unspecified atom stereocenters. The van der Waals surface area contributed by atoms with Gasteiger partial charge in [0, 0.05) is 18.5 Å². The summed E-state index contributed by atoms with van der Waals surface area (Å²) in [6.45, 7) is 10.4. The van der Waals surface area contributed by atoms with Crippen molar-refractivity contribution in [1.29, 1.82) is 0 Å². The van der Waals surface area contributed by atoms with Crippen molar-refractivity contribution in [2.75, 3.05) is 5.32 Å². The van der Waals surface area contributed by atoms with Crippen molar-refractivity contribution < 1.29 is 9.21 Å². The van der Waals surface area contributed by atoms with Gasteiger partial charge in [-0.25, -0.2) is 9.48 Å². The van der Waals surface area contributed by atoms with Crippen molar-refractivity contribution in [1.82, 2.24) is 9.78 Å². The minimum atomic E-state index is -0.591. The predicted molar refractivity (Wildman–Crippen MR) is 93.5 cm³/mol. The minimum Gasteiger partial charge on any atom is -0.427 e. The molecule has 0 aliphatic rings. The highest BCUT2D eigenvalue weighted by molar-refractivity contribution is 6.04. The number of carbonyl (C=O) groups excluding carboxylic acids is 1. The molecule has 2 aromatic heterocycles. The largest absolute Gasteiger partial charge is 0.427 e. The Kier molecular flexibility index (Phi) is 5.59. The van der Waals surface area contributed by atoms with Crippen molar-refractivity contribution in [3.05, 3.63) is 45.1 Å². The SMILES string of the molecule is CCn1ncc(C)c1NC(=O)c1c(C)cc(CCC(C)C)oc1=O. The molecule has 0 saturated carbocycles. The molecular formula is C18H25N3O3. The third-order valence-corrected chi connectivity index (χ3v) is 3.95. The van der Waals surface area contributed by atoms with Gasteiger partial charge in [-0.2, -0.15) is 5.10 Å². The lowest BCUT2D eigenvalue weighted by Gasteiger charge is -2.10. The van der Waals surface area contributed by atoms with Gasteiger partial charge < -0.3 is 9.73 Å². The van der Waals surface area contributed by atoms with E-state index >= 15 is 0 Å². The maximum Gasteiger partial charge on any atom is 0.349 e. The predicted octanol–water partition coefficient (Wildman–Crippen LogP) is 3.31. The van der Waals surface area contributed by atoms with Crippen LogP contribution < -0.4 is 10.9 Å². The summed E-state index contributed by atoms with van der Waals surface area (Å²) in [5.41, 5.74) is 0.932. The molecule has 0 fully saturated rings. The maximum atomic E-state index is 12.5. The summed E-state index contributed by atoms with van der Waals surface area (Å²) in [4.78, 5) is 24.8. The Morgan fingerprint density at radius 3 is 2.62 bits per heavy atom. The first kappa shape index (κ1) is 18.0. The number of anilines is 1. The summed E-state index contributed by atoms with van der Waals surface area (Å²) in [7, 11) is 0. The van der Waals surface area contributed by atoms with Gasteiger partial charge >= 0.3 is 5.63 Å². The van der Waals surface area contributed by atoms with Gasteiger partial charge in [-0.15, -0.1) is 0 Å². The van der Waals surface area contributed by atoms with E-state index < -0.39 is 11.5 Å². The van der Waals surface area contributed by atoms with E-state index in [0.717, 1.165) is 12.0 Å². The van der Waals surface area contributed by atoms with Crippen LogP contribution in [0.15, 0.2) is 21.5 Å². The molecule has 0 aliphatic carbocycles. The van der Waals surface area contributed by atoms with Crippen LogP contribution in [0.1, 0.15) is 54.4 Å². The number of amides is 1. The molecule has 1 amide bonds. The molecule has 130 valence electrons. The van der Waals surface area contributed by atoms with Crippen molar-refractivity contribution >= 4 is 11.7 Å². The van der Waals surface area contributed by atoms with Crippen molar-refractivity contribution in [2.24, 2.45) is 5.92 Å². The van der Waals surface area contributed by atoms with Crippen LogP contribution in [0.2, 0.25) is 0 Å². The molecule has 0 bridgehead atoms. The third-order valence-electron chi connectivity index (χ3n) is 3.95. The maximum absolute atomic E-state index is 12.5. The highest BCUT2D eigenvalue weighted by Gasteiger charge is 2.19. The second-order valence-electron chi connectivity index (χ2n) is 6.44. The standard InChI is InChI=1S/C18H25N3O3/c1-6-21-16(13(5)10-19-21)20-17(22)15-12(4)9-14(24-18(15)23)8-7-11(2)3/h9-11H,6-8H2,1-5H3,(H,20,22). The van der Waals surface area contributed by atoms with Crippen LogP contribution in [-0.4, -0.2) is 15.7 Å². The van der Waals surface area contributed by atoms with Crippen LogP contribution in [0.4, 0.5) is 5.82 Å². The summed E-state index contributed by atoms with van der Waals surface area (Å²) >= 11 is 0. The fourth-order valence-electron chi connectivity index (χ4n) is 2.55. The smallest absolute Gasteiger partial charge is 0.349 e. The van der Waals surface area contributed by atoms with Crippen molar-refractivity contribution in [3.63, 3.8) is 0 Å². The molecule has 0 atom stereocenters. The Morgan fingerprint density at radius 2 is 2.04 bits per heavy atom. The van der Waals surface area contributed by atoms with Crippen molar-refractivity contribution in [2.45, 2.75) is 54.0 Å². The zero-order chi connectivity index (χ0) is 17.9. The first-order valence-corrected chi connectivity index (χ1v) is 8.30. The number of hydrogen-bond donors (Lipinski definition) is 1. The van der Waals surface area contributed by atoms with E-state index in [1.807, 2.05) is 13.8 Å². The number of aromatic nitrogens is 2. The molecular weight excluding hydrogens is 306 g/mol. The Morgan fingerprint density at radius 1 is 1.33 bits per heavy atom. The summed E-state index contributed by atoms with van der Waals surface area (Å²) in [6, 6.07) is 1.78. The van der Waals surface area contributed by atoms with Crippen LogP contribution in [0.5, 0.6) is 0 Å². The fourth-order valence-corrected chi connectivity index (χ4v) is 2.55. The zero-order valence-electron chi connectivity index (χ0n) is 15.0. The number of rotatable bonds is 6. The molecule has 6 heteroatoms. The van der Waals surface area contributed by atoms with Gasteiger partial charge in [-0.3, -0.25) is 4.79 Å². The second kappa shape index (κ2) is 7.47. The normalized spacial score (nSPS) is 11.1. The molecule has 24 heavy (non-hydrogen) atoms. The quantitative estimate of drug-likeness (QED) is 0.881. The van der Waals surface area contributed by atoms with E-state index in [2.05, 4.69) is 24.3 Å². The van der Waals surface area contributed by atoms with Gasteiger partial charge in [0.1, 0.15) is 17.1 Å². The van der Waals surface area contributed by atoms with Crippen LogP contribution in [-0.2, 0) is 13.0 Å². The summed E-state index contributed by atoms with van der Waals surface area (Å²) < 4.78 is 7.01. The van der Waals surface area contributed by atoms with Crippen LogP contribution in [0, 0.1) is 19.8 Å². The Balaban J connectivity index is 2.26. The van der Waals surface area contributed by atoms with E-state index in [1.165, 1.54) is 0 Å². The number of hydrogen-bond acceptors (Lipinski definition) is 4. The molecule has 2 rings (SSSR count). The van der Waals surface area contributed by atoms with E-state index in [0.29, 0.717) is 36.0 Å². The van der Waals surface area contributed by atoms with Gasteiger partial charge in [0.2, 0.25) is 0 Å². The number of nitrogens with one attached hydrogen (secondary N) is 1. The van der Waals surface area contributed by atoms with Gasteiger partial charge in [0.15, 0.2) is 0 Å². The molecule has 2 heterocycles. The van der Waals surface area contributed by atoms with E-state index in [4.69, 9.17) is 4.42 Å². The van der Waals surface area contributed by atoms with Crippen LogP contribution in [0.3, 0.4) is 0 Å². The Hall–Kier alpha value is -2.37. The van der Waals surface area contributed by atoms with Crippen LogP contribution in [0.25, 0.3) is 0 Å². The van der Waals surface area contributed by atoms with Gasteiger partial charge in [0.25, 0.3) is 5.91 Å². The Labute approximate surface area is 141 Å². The fraction of sp³-hybridized carbons (Fsp3) is 0.500. The average Bonchev–Trinajstić information content (AvgIpc) is 2.85. The molecule has 0 aromatic carbocycles. The molecule has 6 nitrogen and oxygen atoms in total. The van der Waals surface area contributed by atoms with Gasteiger partial charge in [-0.05, 0) is 44.7 Å². The summed E-state index contributed by atoms with van der Waals surface area (Å²) in [6.07, 6.45) is 3.31.